The Morgan fingerprint density at radius 2 is 1.90 bits per heavy atom. The van der Waals surface area contributed by atoms with Gasteiger partial charge in [-0.05, 0) is 43.7 Å². The number of sulfonamides is 1. The number of fused-ring (bicyclic) bond motifs is 1. The zero-order valence-electron chi connectivity index (χ0n) is 16.1. The maximum Gasteiger partial charge on any atom is 0.324 e. The molecule has 0 unspecified atom stereocenters. The fraction of sp³-hybridized carbons (Fsp3) is 0.350. The molecule has 2 aromatic rings. The molecule has 3 rings (SSSR count). The molecule has 0 saturated heterocycles. The number of esters is 1. The first kappa shape index (κ1) is 21.4. The molecule has 7 nitrogen and oxygen atoms in total. The zero-order chi connectivity index (χ0) is 21.0. The average Bonchev–Trinajstić information content (AvgIpc) is 2.92. The number of carbonyl (C=O) groups is 1. The van der Waals surface area contributed by atoms with Crippen LogP contribution in [0.25, 0.3) is 0 Å². The Balaban J connectivity index is 1.62. The van der Waals surface area contributed by atoms with Crippen LogP contribution in [0.2, 0.25) is 5.02 Å². The minimum absolute atomic E-state index is 0.0776. The van der Waals surface area contributed by atoms with Crippen LogP contribution in [0, 0.1) is 6.92 Å². The molecule has 0 bridgehead atoms. The monoisotopic (exact) mass is 439 g/mol. The molecular weight excluding hydrogens is 418 g/mol. The molecule has 1 N–H and O–H groups in total. The molecule has 1 aliphatic heterocycles. The Bertz CT molecular complexity index is 991. The predicted molar refractivity (Wildman–Crippen MR) is 108 cm³/mol. The second kappa shape index (κ2) is 9.02. The summed E-state index contributed by atoms with van der Waals surface area (Å²) in [7, 11) is -3.84. The molecule has 0 fully saturated rings. The molecule has 1 heterocycles. The lowest BCUT2D eigenvalue weighted by molar-refractivity contribution is -0.146. The van der Waals surface area contributed by atoms with Gasteiger partial charge in [0.1, 0.15) is 12.6 Å². The summed E-state index contributed by atoms with van der Waals surface area (Å²) >= 11 is 6.23. The van der Waals surface area contributed by atoms with E-state index in [1.54, 1.807) is 24.3 Å². The molecule has 0 spiro atoms. The van der Waals surface area contributed by atoms with Crippen LogP contribution in [-0.4, -0.2) is 33.6 Å². The summed E-state index contributed by atoms with van der Waals surface area (Å²) in [6, 6.07) is 8.60. The molecule has 0 amide bonds. The summed E-state index contributed by atoms with van der Waals surface area (Å²) in [6.45, 7) is 4.22. The van der Waals surface area contributed by atoms with E-state index in [-0.39, 0.29) is 11.5 Å². The van der Waals surface area contributed by atoms with Crippen molar-refractivity contribution in [2.75, 3.05) is 13.2 Å². The molecule has 1 aliphatic rings. The highest BCUT2D eigenvalue weighted by molar-refractivity contribution is 7.89. The van der Waals surface area contributed by atoms with Crippen molar-refractivity contribution in [3.8, 4) is 11.5 Å². The van der Waals surface area contributed by atoms with Crippen LogP contribution in [0.4, 0.5) is 0 Å². The highest BCUT2D eigenvalue weighted by Gasteiger charge is 2.23. The maximum atomic E-state index is 12.4. The van der Waals surface area contributed by atoms with Crippen LogP contribution in [0.3, 0.4) is 0 Å². The van der Waals surface area contributed by atoms with Crippen molar-refractivity contribution in [3.63, 3.8) is 0 Å². The predicted octanol–water partition coefficient (Wildman–Crippen LogP) is 3.22. The summed E-state index contributed by atoms with van der Waals surface area (Å²) in [5.74, 6) is 0.261. The van der Waals surface area contributed by atoms with Crippen molar-refractivity contribution >= 4 is 27.6 Å². The van der Waals surface area contributed by atoms with E-state index in [4.69, 9.17) is 25.8 Å². The first-order valence-corrected chi connectivity index (χ1v) is 11.0. The number of hydrogen-bond donors (Lipinski definition) is 1. The van der Waals surface area contributed by atoms with Crippen molar-refractivity contribution in [2.24, 2.45) is 0 Å². The van der Waals surface area contributed by atoms with E-state index < -0.39 is 22.0 Å². The van der Waals surface area contributed by atoms with E-state index in [9.17, 15) is 13.2 Å². The zero-order valence-corrected chi connectivity index (χ0v) is 17.7. The summed E-state index contributed by atoms with van der Waals surface area (Å²) in [6.07, 6.45) is 0.744. The van der Waals surface area contributed by atoms with Crippen LogP contribution in [0.1, 0.15) is 24.5 Å². The maximum absolute atomic E-state index is 12.4. The van der Waals surface area contributed by atoms with E-state index in [1.807, 2.05) is 6.92 Å². The van der Waals surface area contributed by atoms with Gasteiger partial charge in [0.15, 0.2) is 11.5 Å². The average molecular weight is 440 g/mol. The lowest BCUT2D eigenvalue weighted by atomic mass is 10.2. The molecule has 0 saturated carbocycles. The first-order chi connectivity index (χ1) is 13.8. The molecule has 0 radical (unpaired) electrons. The van der Waals surface area contributed by atoms with E-state index in [0.29, 0.717) is 35.3 Å². The number of aryl methyl sites for hydroxylation is 1. The van der Waals surface area contributed by atoms with Crippen molar-refractivity contribution in [2.45, 2.75) is 37.8 Å². The van der Waals surface area contributed by atoms with Gasteiger partial charge in [-0.15, -0.1) is 0 Å². The van der Waals surface area contributed by atoms with E-state index in [1.165, 1.54) is 19.1 Å². The molecule has 1 atom stereocenters. The van der Waals surface area contributed by atoms with Crippen LogP contribution >= 0.6 is 11.6 Å². The van der Waals surface area contributed by atoms with Gasteiger partial charge in [0.05, 0.1) is 23.1 Å². The Morgan fingerprint density at radius 1 is 1.21 bits per heavy atom. The summed E-state index contributed by atoms with van der Waals surface area (Å²) in [4.78, 5) is 12.4. The third-order valence-electron chi connectivity index (χ3n) is 4.26. The van der Waals surface area contributed by atoms with Gasteiger partial charge < -0.3 is 14.2 Å². The minimum Gasteiger partial charge on any atom is -0.489 e. The summed E-state index contributed by atoms with van der Waals surface area (Å²) < 4.78 is 43.5. The van der Waals surface area contributed by atoms with Crippen LogP contribution in [0.15, 0.2) is 41.3 Å². The Hall–Kier alpha value is -2.29. The highest BCUT2D eigenvalue weighted by atomic mass is 35.5. The van der Waals surface area contributed by atoms with Crippen molar-refractivity contribution in [1.29, 1.82) is 0 Å². The van der Waals surface area contributed by atoms with Crippen molar-refractivity contribution in [3.05, 3.63) is 52.5 Å². The molecule has 156 valence electrons. The standard InChI is InChI=1S/C20H22ClNO6S/c1-13-4-6-16(7-5-13)29(24,25)22-14(2)20(23)28-12-15-10-17(21)19-18(11-15)26-8-3-9-27-19/h4-7,10-11,14,22H,3,8-9,12H2,1-2H3/t14-/m0/s1. The second-order valence-electron chi connectivity index (χ2n) is 6.72. The van der Waals surface area contributed by atoms with Gasteiger partial charge in [0.25, 0.3) is 0 Å². The molecule has 29 heavy (non-hydrogen) atoms. The Labute approximate surface area is 175 Å². The lowest BCUT2D eigenvalue weighted by Gasteiger charge is -2.15. The number of ether oxygens (including phenoxy) is 3. The fourth-order valence-electron chi connectivity index (χ4n) is 2.71. The highest BCUT2D eigenvalue weighted by Crippen LogP contribution is 2.38. The van der Waals surface area contributed by atoms with Gasteiger partial charge in [-0.2, -0.15) is 4.72 Å². The molecule has 0 aromatic heterocycles. The molecule has 2 aromatic carbocycles. The smallest absolute Gasteiger partial charge is 0.324 e. The van der Waals surface area contributed by atoms with Crippen molar-refractivity contribution < 1.29 is 27.4 Å². The normalized spacial score (nSPS) is 14.7. The third kappa shape index (κ3) is 5.41. The largest absolute Gasteiger partial charge is 0.489 e. The van der Waals surface area contributed by atoms with E-state index >= 15 is 0 Å². The topological polar surface area (TPSA) is 90.9 Å². The number of rotatable bonds is 6. The minimum atomic E-state index is -3.84. The molecular formula is C20H22ClNO6S. The van der Waals surface area contributed by atoms with Gasteiger partial charge >= 0.3 is 5.97 Å². The second-order valence-corrected chi connectivity index (χ2v) is 8.84. The SMILES string of the molecule is Cc1ccc(S(=O)(=O)N[C@@H](C)C(=O)OCc2cc(Cl)c3c(c2)OCCCO3)cc1. The Morgan fingerprint density at radius 3 is 2.62 bits per heavy atom. The number of carbonyl (C=O) groups excluding carboxylic acids is 1. The number of benzene rings is 2. The number of nitrogens with one attached hydrogen (secondary N) is 1. The Kier molecular flexibility index (Phi) is 6.66. The lowest BCUT2D eigenvalue weighted by Crippen LogP contribution is -2.39. The summed E-state index contributed by atoms with van der Waals surface area (Å²) in [5.41, 5.74) is 1.55. The third-order valence-corrected chi connectivity index (χ3v) is 6.10. The van der Waals surface area contributed by atoms with Gasteiger partial charge in [-0.1, -0.05) is 29.3 Å². The molecule has 9 heteroatoms. The van der Waals surface area contributed by atoms with Gasteiger partial charge in [0, 0.05) is 6.42 Å². The van der Waals surface area contributed by atoms with E-state index in [0.717, 1.165) is 12.0 Å². The quantitative estimate of drug-likeness (QED) is 0.695. The summed E-state index contributed by atoms with van der Waals surface area (Å²) in [5, 5.41) is 0.364. The van der Waals surface area contributed by atoms with Gasteiger partial charge in [0.2, 0.25) is 10.0 Å². The fourth-order valence-corrected chi connectivity index (χ4v) is 4.19. The van der Waals surface area contributed by atoms with Crippen LogP contribution in [-0.2, 0) is 26.2 Å². The first-order valence-electron chi connectivity index (χ1n) is 9.10. The van der Waals surface area contributed by atoms with E-state index in [2.05, 4.69) is 4.72 Å². The number of halogens is 1. The van der Waals surface area contributed by atoms with Crippen LogP contribution < -0.4 is 14.2 Å². The van der Waals surface area contributed by atoms with Crippen molar-refractivity contribution in [1.82, 2.24) is 4.72 Å². The number of hydrogen-bond acceptors (Lipinski definition) is 6. The molecule has 0 aliphatic carbocycles. The van der Waals surface area contributed by atoms with Gasteiger partial charge in [-0.3, -0.25) is 4.79 Å². The van der Waals surface area contributed by atoms with Crippen LogP contribution in [0.5, 0.6) is 11.5 Å². The van der Waals surface area contributed by atoms with Gasteiger partial charge in [-0.25, -0.2) is 8.42 Å².